The van der Waals surface area contributed by atoms with Gasteiger partial charge in [0.1, 0.15) is 5.75 Å². The number of benzene rings is 1. The molecule has 156 valence electrons. The van der Waals surface area contributed by atoms with Gasteiger partial charge in [0.2, 0.25) is 5.91 Å². The van der Waals surface area contributed by atoms with E-state index in [-0.39, 0.29) is 18.2 Å². The van der Waals surface area contributed by atoms with E-state index in [4.69, 9.17) is 4.74 Å². The number of hydrogen-bond acceptors (Lipinski definition) is 4. The van der Waals surface area contributed by atoms with Crippen LogP contribution in [0, 0.1) is 0 Å². The second kappa shape index (κ2) is 9.75. The van der Waals surface area contributed by atoms with E-state index in [1.165, 1.54) is 5.56 Å². The normalized spacial score (nSPS) is 25.2. The highest BCUT2D eigenvalue weighted by atomic mass is 16.5. The van der Waals surface area contributed by atoms with Crippen molar-refractivity contribution in [1.29, 1.82) is 0 Å². The summed E-state index contributed by atoms with van der Waals surface area (Å²) in [5, 5.41) is 9.93. The van der Waals surface area contributed by atoms with Crippen LogP contribution in [0.5, 0.6) is 5.75 Å². The van der Waals surface area contributed by atoms with E-state index in [0.29, 0.717) is 18.4 Å². The van der Waals surface area contributed by atoms with Crippen LogP contribution in [0.3, 0.4) is 0 Å². The molecule has 3 rings (SSSR count). The zero-order valence-electron chi connectivity index (χ0n) is 17.6. The van der Waals surface area contributed by atoms with Gasteiger partial charge in [-0.2, -0.15) is 0 Å². The van der Waals surface area contributed by atoms with Crippen molar-refractivity contribution in [2.75, 3.05) is 20.2 Å². The number of amides is 1. The molecule has 28 heavy (non-hydrogen) atoms. The van der Waals surface area contributed by atoms with Crippen LogP contribution < -0.4 is 4.74 Å². The van der Waals surface area contributed by atoms with Gasteiger partial charge in [-0.15, -0.1) is 0 Å². The third-order valence-corrected chi connectivity index (χ3v) is 6.55. The number of methoxy groups -OCH3 is 1. The molecule has 0 radical (unpaired) electrons. The maximum Gasteiger partial charge on any atom is 0.223 e. The Bertz CT molecular complexity index is 619. The third-order valence-electron chi connectivity index (χ3n) is 6.55. The minimum absolute atomic E-state index is 0.212. The van der Waals surface area contributed by atoms with Crippen LogP contribution >= 0.6 is 0 Å². The van der Waals surface area contributed by atoms with Gasteiger partial charge in [-0.25, -0.2) is 0 Å². The van der Waals surface area contributed by atoms with E-state index in [2.05, 4.69) is 35.8 Å². The van der Waals surface area contributed by atoms with Gasteiger partial charge < -0.3 is 19.6 Å². The maximum absolute atomic E-state index is 12.8. The van der Waals surface area contributed by atoms with Gasteiger partial charge in [-0.3, -0.25) is 4.79 Å². The first-order chi connectivity index (χ1) is 13.5. The molecule has 0 spiro atoms. The molecular formula is C23H36N2O3. The summed E-state index contributed by atoms with van der Waals surface area (Å²) < 4.78 is 5.23. The molecule has 2 bridgehead atoms. The summed E-state index contributed by atoms with van der Waals surface area (Å²) in [5.41, 5.74) is 1.31. The second-order valence-electron chi connectivity index (χ2n) is 8.44. The lowest BCUT2D eigenvalue weighted by Gasteiger charge is -2.37. The van der Waals surface area contributed by atoms with Gasteiger partial charge in [0.15, 0.2) is 0 Å². The third kappa shape index (κ3) is 5.06. The fraction of sp³-hybridized carbons (Fsp3) is 0.696. The van der Waals surface area contributed by atoms with Crippen LogP contribution in [-0.4, -0.2) is 65.2 Å². The van der Waals surface area contributed by atoms with Gasteiger partial charge in [0.05, 0.1) is 13.2 Å². The fourth-order valence-corrected chi connectivity index (χ4v) is 5.04. The Kier molecular flexibility index (Phi) is 7.36. The van der Waals surface area contributed by atoms with Crippen LogP contribution in [-0.2, 0) is 11.2 Å². The molecule has 2 aliphatic heterocycles. The number of fused-ring (bicyclic) bond motifs is 2. The Balaban J connectivity index is 1.45. The molecule has 2 aliphatic rings. The Hall–Kier alpha value is -1.59. The minimum atomic E-state index is -0.212. The Morgan fingerprint density at radius 1 is 1.25 bits per heavy atom. The van der Waals surface area contributed by atoms with Crippen LogP contribution in [0.25, 0.3) is 0 Å². The number of rotatable bonds is 9. The van der Waals surface area contributed by atoms with E-state index in [1.807, 2.05) is 12.1 Å². The average molecular weight is 389 g/mol. The Morgan fingerprint density at radius 2 is 1.89 bits per heavy atom. The number of carbonyl (C=O) groups excluding carboxylic acids is 1. The minimum Gasteiger partial charge on any atom is -0.497 e. The predicted molar refractivity (Wildman–Crippen MR) is 112 cm³/mol. The van der Waals surface area contributed by atoms with E-state index in [9.17, 15) is 9.90 Å². The summed E-state index contributed by atoms with van der Waals surface area (Å²) in [5.74, 6) is 1.18. The molecule has 2 saturated heterocycles. The summed E-state index contributed by atoms with van der Waals surface area (Å²) >= 11 is 0. The van der Waals surface area contributed by atoms with Gasteiger partial charge in [-0.1, -0.05) is 19.1 Å². The summed E-state index contributed by atoms with van der Waals surface area (Å²) in [6.45, 7) is 6.40. The molecule has 1 amide bonds. The van der Waals surface area contributed by atoms with Crippen LogP contribution in [0.2, 0.25) is 0 Å². The smallest absolute Gasteiger partial charge is 0.223 e. The lowest BCUT2D eigenvalue weighted by molar-refractivity contribution is -0.137. The number of aliphatic hydroxyl groups is 1. The molecule has 3 unspecified atom stereocenters. The van der Waals surface area contributed by atoms with E-state index in [0.717, 1.165) is 57.4 Å². The molecule has 0 aliphatic carbocycles. The van der Waals surface area contributed by atoms with Gasteiger partial charge >= 0.3 is 0 Å². The number of carbonyl (C=O) groups is 1. The fourth-order valence-electron chi connectivity index (χ4n) is 5.04. The summed E-state index contributed by atoms with van der Waals surface area (Å²) in [6.07, 6.45) is 5.97. The monoisotopic (exact) mass is 388 g/mol. The molecule has 5 nitrogen and oxygen atoms in total. The molecule has 1 aromatic rings. The van der Waals surface area contributed by atoms with Gasteiger partial charge in [0.25, 0.3) is 0 Å². The quantitative estimate of drug-likeness (QED) is 0.706. The second-order valence-corrected chi connectivity index (χ2v) is 8.44. The number of nitrogens with zero attached hydrogens (tertiary/aromatic N) is 2. The highest BCUT2D eigenvalue weighted by Gasteiger charge is 2.42. The molecule has 5 heteroatoms. The van der Waals surface area contributed by atoms with Crippen molar-refractivity contribution in [2.24, 2.45) is 0 Å². The van der Waals surface area contributed by atoms with Crippen molar-refractivity contribution in [2.45, 2.75) is 83.0 Å². The molecule has 1 aromatic carbocycles. The SMILES string of the molecule is CCN(CCCC(=O)N1C2CCC1CC(O)C2)C(C)Cc1ccc(OC)cc1. The first kappa shape index (κ1) is 21.1. The van der Waals surface area contributed by atoms with Gasteiger partial charge in [0, 0.05) is 24.5 Å². The summed E-state index contributed by atoms with van der Waals surface area (Å²) in [4.78, 5) is 17.3. The average Bonchev–Trinajstić information content (AvgIpc) is 2.97. The maximum atomic E-state index is 12.8. The number of likely N-dealkylation sites (N-methyl/N-ethyl adjacent to an activating group) is 1. The lowest BCUT2D eigenvalue weighted by Crippen LogP contribution is -2.48. The summed E-state index contributed by atoms with van der Waals surface area (Å²) in [6, 6.07) is 9.28. The van der Waals surface area contributed by atoms with Crippen LogP contribution in [0.1, 0.15) is 57.9 Å². The van der Waals surface area contributed by atoms with Crippen molar-refractivity contribution >= 4 is 5.91 Å². The highest BCUT2D eigenvalue weighted by Crippen LogP contribution is 2.36. The topological polar surface area (TPSA) is 53.0 Å². The van der Waals surface area contributed by atoms with E-state index < -0.39 is 0 Å². The van der Waals surface area contributed by atoms with Crippen molar-refractivity contribution in [3.8, 4) is 5.75 Å². The lowest BCUT2D eigenvalue weighted by atomic mass is 9.99. The summed E-state index contributed by atoms with van der Waals surface area (Å²) in [7, 11) is 1.69. The number of aliphatic hydroxyl groups excluding tert-OH is 1. The molecule has 2 heterocycles. The van der Waals surface area contributed by atoms with Crippen LogP contribution in [0.15, 0.2) is 24.3 Å². The zero-order chi connectivity index (χ0) is 20.1. The van der Waals surface area contributed by atoms with Crippen molar-refractivity contribution in [3.63, 3.8) is 0 Å². The van der Waals surface area contributed by atoms with Crippen molar-refractivity contribution < 1.29 is 14.6 Å². The molecule has 3 atom stereocenters. The molecular weight excluding hydrogens is 352 g/mol. The van der Waals surface area contributed by atoms with E-state index >= 15 is 0 Å². The molecule has 2 fully saturated rings. The number of piperidine rings is 1. The largest absolute Gasteiger partial charge is 0.497 e. The van der Waals surface area contributed by atoms with E-state index in [1.54, 1.807) is 7.11 Å². The van der Waals surface area contributed by atoms with Crippen molar-refractivity contribution in [3.05, 3.63) is 29.8 Å². The standard InChI is InChI=1S/C23H36N2O3/c1-4-24(17(2)14-18-7-11-22(28-3)12-8-18)13-5-6-23(27)25-19-9-10-20(25)16-21(26)15-19/h7-8,11-12,17,19-21,26H,4-6,9-10,13-16H2,1-3H3. The number of ether oxygens (including phenoxy) is 1. The van der Waals surface area contributed by atoms with Crippen molar-refractivity contribution in [1.82, 2.24) is 9.80 Å². The molecule has 0 aromatic heterocycles. The van der Waals surface area contributed by atoms with Gasteiger partial charge in [-0.05, 0) is 76.2 Å². The molecule has 1 N–H and O–H groups in total. The number of hydrogen-bond donors (Lipinski definition) is 1. The Morgan fingerprint density at radius 3 is 2.46 bits per heavy atom. The van der Waals surface area contributed by atoms with Crippen LogP contribution in [0.4, 0.5) is 0 Å². The predicted octanol–water partition coefficient (Wildman–Crippen LogP) is 3.24. The molecule has 0 saturated carbocycles. The first-order valence-electron chi connectivity index (χ1n) is 10.9. The zero-order valence-corrected chi connectivity index (χ0v) is 17.6. The Labute approximate surface area is 169 Å². The first-order valence-corrected chi connectivity index (χ1v) is 10.9. The highest BCUT2D eigenvalue weighted by molar-refractivity contribution is 5.77.